The van der Waals surface area contributed by atoms with Crippen LogP contribution in [0.3, 0.4) is 0 Å². The zero-order valence-electron chi connectivity index (χ0n) is 8.94. The first kappa shape index (κ1) is 12.3. The van der Waals surface area contributed by atoms with Crippen molar-refractivity contribution < 1.29 is 0 Å². The van der Waals surface area contributed by atoms with E-state index < -0.39 is 0 Å². The first-order valence-electron chi connectivity index (χ1n) is 4.64. The molecule has 0 fully saturated rings. The van der Waals surface area contributed by atoms with Crippen molar-refractivity contribution in [3.63, 3.8) is 0 Å². The van der Waals surface area contributed by atoms with Crippen LogP contribution in [0.15, 0.2) is 34.2 Å². The molecule has 0 radical (unpaired) electrons. The van der Waals surface area contributed by atoms with Gasteiger partial charge in [0, 0.05) is 17.5 Å². The van der Waals surface area contributed by atoms with Crippen molar-refractivity contribution in [2.24, 2.45) is 10.7 Å². The Morgan fingerprint density at radius 3 is 2.75 bits per heavy atom. The quantitative estimate of drug-likeness (QED) is 0.279. The molecular weight excluding hydrogens is 220 g/mol. The number of thiol groups is 1. The molecule has 0 aliphatic rings. The average Bonchev–Trinajstić information content (AvgIpc) is 2.19. The number of nitrogens with zero attached hydrogens (tertiary/aromatic N) is 1. The maximum atomic E-state index is 7.17. The summed E-state index contributed by atoms with van der Waals surface area (Å²) >= 11 is 4.10. The molecule has 0 spiro atoms. The lowest BCUT2D eigenvalue weighted by Crippen LogP contribution is -2.07. The molecule has 0 aromatic heterocycles. The highest BCUT2D eigenvalue weighted by Crippen LogP contribution is 2.18. The van der Waals surface area contributed by atoms with Crippen molar-refractivity contribution in [1.29, 1.82) is 5.41 Å². The summed E-state index contributed by atoms with van der Waals surface area (Å²) in [4.78, 5) is 4.94. The fourth-order valence-electron chi connectivity index (χ4n) is 1.15. The van der Waals surface area contributed by atoms with E-state index in [4.69, 9.17) is 16.9 Å². The molecule has 0 amide bonds. The van der Waals surface area contributed by atoms with E-state index in [1.165, 1.54) is 6.21 Å². The van der Waals surface area contributed by atoms with Crippen molar-refractivity contribution in [3.05, 3.63) is 34.7 Å². The molecule has 4 nitrogen and oxygen atoms in total. The topological polar surface area (TPSA) is 88.2 Å². The van der Waals surface area contributed by atoms with Gasteiger partial charge in [-0.25, -0.2) is 4.99 Å². The minimum atomic E-state index is 0.369. The number of hydrogen-bond acceptors (Lipinski definition) is 4. The van der Waals surface area contributed by atoms with Gasteiger partial charge in [-0.15, -0.1) is 12.6 Å². The van der Waals surface area contributed by atoms with Crippen molar-refractivity contribution in [3.8, 4) is 0 Å². The van der Waals surface area contributed by atoms with Crippen molar-refractivity contribution in [2.75, 3.05) is 5.73 Å². The maximum Gasteiger partial charge on any atom is 0.124 e. The van der Waals surface area contributed by atoms with Gasteiger partial charge in [-0.1, -0.05) is 0 Å². The Kier molecular flexibility index (Phi) is 4.13. The van der Waals surface area contributed by atoms with E-state index >= 15 is 0 Å². The Morgan fingerprint density at radius 1 is 1.50 bits per heavy atom. The number of nitrogens with two attached hydrogens (primary N) is 2. The Labute approximate surface area is 100.0 Å². The summed E-state index contributed by atoms with van der Waals surface area (Å²) in [6, 6.07) is 5.15. The van der Waals surface area contributed by atoms with Gasteiger partial charge in [0.1, 0.15) is 5.84 Å². The van der Waals surface area contributed by atoms with Crippen LogP contribution in [-0.4, -0.2) is 12.1 Å². The lowest BCUT2D eigenvalue weighted by atomic mass is 10.2. The number of nitrogen functional groups attached to an aromatic ring is 1. The second-order valence-electron chi connectivity index (χ2n) is 3.28. The molecule has 1 aromatic rings. The summed E-state index contributed by atoms with van der Waals surface area (Å²) in [5.41, 5.74) is 13.2. The fraction of sp³-hybridized carbons (Fsp3) is 0.0909. The zero-order valence-corrected chi connectivity index (χ0v) is 9.83. The molecule has 16 heavy (non-hydrogen) atoms. The van der Waals surface area contributed by atoms with Crippen molar-refractivity contribution >= 4 is 36.1 Å². The van der Waals surface area contributed by atoms with Gasteiger partial charge >= 0.3 is 0 Å². The van der Waals surface area contributed by atoms with Gasteiger partial charge < -0.3 is 16.9 Å². The standard InChI is InChI=1S/C11H14N4S/c1-7(16)4-11(14)15-9-2-3-10(13)8(5-9)6-12/h2-6,12,16H,13H2,1H3,(H2,14,15)/b7-4-,12-6?. The second kappa shape index (κ2) is 5.37. The molecule has 0 aliphatic carbocycles. The predicted octanol–water partition coefficient (Wildman–Crippen LogP) is 2.09. The molecule has 0 bridgehead atoms. The van der Waals surface area contributed by atoms with Crippen molar-refractivity contribution in [1.82, 2.24) is 0 Å². The number of aliphatic imine (C=N–C) groups is 1. The van der Waals surface area contributed by atoms with E-state index in [0.29, 0.717) is 22.8 Å². The summed E-state index contributed by atoms with van der Waals surface area (Å²) in [5, 5.41) is 7.17. The van der Waals surface area contributed by atoms with Crippen LogP contribution < -0.4 is 11.5 Å². The first-order chi connectivity index (χ1) is 7.52. The third-order valence-electron chi connectivity index (χ3n) is 1.84. The van der Waals surface area contributed by atoms with Crippen LogP contribution in [0, 0.1) is 5.41 Å². The van der Waals surface area contributed by atoms with Crippen LogP contribution in [0.4, 0.5) is 11.4 Å². The Morgan fingerprint density at radius 2 is 2.19 bits per heavy atom. The van der Waals surface area contributed by atoms with E-state index in [-0.39, 0.29) is 0 Å². The molecule has 0 atom stereocenters. The first-order valence-corrected chi connectivity index (χ1v) is 5.09. The summed E-state index contributed by atoms with van der Waals surface area (Å²) < 4.78 is 0. The number of benzene rings is 1. The second-order valence-corrected chi connectivity index (χ2v) is 3.99. The van der Waals surface area contributed by atoms with Gasteiger partial charge in [0.2, 0.25) is 0 Å². The largest absolute Gasteiger partial charge is 0.398 e. The Bertz CT molecular complexity index is 459. The highest BCUT2D eigenvalue weighted by molar-refractivity contribution is 7.84. The molecule has 0 unspecified atom stereocenters. The lowest BCUT2D eigenvalue weighted by Gasteiger charge is -2.01. The Balaban J connectivity index is 3.07. The minimum absolute atomic E-state index is 0.369. The monoisotopic (exact) mass is 234 g/mol. The fourth-order valence-corrected chi connectivity index (χ4v) is 1.28. The van der Waals surface area contributed by atoms with E-state index in [1.54, 1.807) is 24.3 Å². The smallest absolute Gasteiger partial charge is 0.124 e. The third kappa shape index (κ3) is 3.43. The molecule has 84 valence electrons. The lowest BCUT2D eigenvalue weighted by molar-refractivity contribution is 1.46. The SMILES string of the molecule is C/C(S)=C/C(N)=Nc1ccc(N)c(C=N)c1. The number of rotatable bonds is 3. The number of anilines is 1. The molecular formula is C11H14N4S. The number of hydrogen-bond donors (Lipinski definition) is 4. The van der Waals surface area contributed by atoms with E-state index in [9.17, 15) is 0 Å². The molecule has 1 aromatic carbocycles. The Hall–Kier alpha value is -1.75. The van der Waals surface area contributed by atoms with Crippen LogP contribution in [0.5, 0.6) is 0 Å². The van der Waals surface area contributed by atoms with Crippen LogP contribution in [0.1, 0.15) is 12.5 Å². The van der Waals surface area contributed by atoms with Crippen LogP contribution in [0.25, 0.3) is 0 Å². The molecule has 5 heteroatoms. The van der Waals surface area contributed by atoms with Crippen LogP contribution >= 0.6 is 12.6 Å². The van der Waals surface area contributed by atoms with Gasteiger partial charge in [0.15, 0.2) is 0 Å². The minimum Gasteiger partial charge on any atom is -0.398 e. The zero-order chi connectivity index (χ0) is 12.1. The summed E-state index contributed by atoms with van der Waals surface area (Å²) in [6.45, 7) is 1.82. The highest BCUT2D eigenvalue weighted by Gasteiger charge is 1.98. The molecule has 0 aliphatic heterocycles. The maximum absolute atomic E-state index is 7.17. The average molecular weight is 234 g/mol. The van der Waals surface area contributed by atoms with E-state index in [0.717, 1.165) is 4.91 Å². The normalized spacial score (nSPS) is 12.6. The summed E-state index contributed by atoms with van der Waals surface area (Å²) in [5.74, 6) is 0.369. The summed E-state index contributed by atoms with van der Waals surface area (Å²) in [6.07, 6.45) is 2.84. The number of amidine groups is 1. The number of allylic oxidation sites excluding steroid dienone is 1. The van der Waals surface area contributed by atoms with E-state index in [2.05, 4.69) is 17.6 Å². The summed E-state index contributed by atoms with van der Waals surface area (Å²) in [7, 11) is 0. The van der Waals surface area contributed by atoms with Gasteiger partial charge in [-0.2, -0.15) is 0 Å². The van der Waals surface area contributed by atoms with Gasteiger partial charge in [0.25, 0.3) is 0 Å². The van der Waals surface area contributed by atoms with Crippen LogP contribution in [0.2, 0.25) is 0 Å². The predicted molar refractivity (Wildman–Crippen MR) is 72.8 cm³/mol. The molecule has 1 rings (SSSR count). The number of nitrogens with one attached hydrogen (secondary N) is 1. The van der Waals surface area contributed by atoms with Gasteiger partial charge in [-0.3, -0.25) is 0 Å². The van der Waals surface area contributed by atoms with Crippen molar-refractivity contribution in [2.45, 2.75) is 6.92 Å². The third-order valence-corrected chi connectivity index (χ3v) is 1.97. The molecule has 0 saturated heterocycles. The van der Waals surface area contributed by atoms with E-state index in [1.807, 2.05) is 6.92 Å². The van der Waals surface area contributed by atoms with Gasteiger partial charge in [0.05, 0.1) is 5.69 Å². The van der Waals surface area contributed by atoms with Gasteiger partial charge in [-0.05, 0) is 36.1 Å². The molecule has 0 saturated carbocycles. The highest BCUT2D eigenvalue weighted by atomic mass is 32.1. The van der Waals surface area contributed by atoms with Crippen LogP contribution in [-0.2, 0) is 0 Å². The molecule has 0 heterocycles. The molecule has 5 N–H and O–H groups in total.